The highest BCUT2D eigenvalue weighted by Gasteiger charge is 2.40. The largest absolute Gasteiger partial charge is 0.490 e. The quantitative estimate of drug-likeness (QED) is 0.151. The van der Waals surface area contributed by atoms with Gasteiger partial charge in [-0.2, -0.15) is 13.2 Å². The monoisotopic (exact) mass is 726 g/mol. The van der Waals surface area contributed by atoms with Gasteiger partial charge in [-0.15, -0.1) is 0 Å². The maximum absolute atomic E-state index is 14.2. The number of H-pyrrole nitrogens is 1. The lowest BCUT2D eigenvalue weighted by atomic mass is 9.86. The second-order valence-corrected chi connectivity index (χ2v) is 14.8. The van der Waals surface area contributed by atoms with Crippen LogP contribution in [0.4, 0.5) is 18.9 Å². The number of ether oxygens (including phenoxy) is 2. The fraction of sp³-hybridized carbons (Fsp3) is 0.514. The molecule has 0 bridgehead atoms. The Kier molecular flexibility index (Phi) is 9.90. The Morgan fingerprint density at radius 3 is 2.51 bits per heavy atom. The van der Waals surface area contributed by atoms with E-state index in [0.29, 0.717) is 90.9 Å². The van der Waals surface area contributed by atoms with E-state index in [0.717, 1.165) is 31.4 Å². The molecule has 2 saturated carbocycles. The molecule has 0 spiro atoms. The van der Waals surface area contributed by atoms with Crippen LogP contribution in [0.15, 0.2) is 36.5 Å². The number of rotatable bonds is 12. The summed E-state index contributed by atoms with van der Waals surface area (Å²) in [5.74, 6) is 0.0587. The van der Waals surface area contributed by atoms with E-state index in [1.54, 1.807) is 13.2 Å². The minimum Gasteiger partial charge on any atom is -0.490 e. The number of methoxy groups -OCH3 is 1. The molecular formula is C37H42ClF3N6O4. The number of nitrogens with one attached hydrogen (secondary N) is 1. The zero-order chi connectivity index (χ0) is 35.9. The standard InChI is InChI=1S/C37H42ClF3N6O4/c1-46(20-36(21-50-2)11-3-4-12-36)30-17-29(23-15-27(37(39,40)41)32(42-18-23)22-5-6-22)43-35-33(30)44-34(45-35)26-8-7-25(16-28(26)38)51-24-9-13-47(14-10-24)19-31(48)49/h7-8,15-18,22,24H,3-6,9-14,19-21H2,1-2H3,(H,48,49)(H,43,44,45). The SMILES string of the molecule is COCC1(CN(C)c2cc(-c3cnc(C4CC4)c(C(F)(F)F)c3)nc3nc(-c4ccc(OC5CCN(CC(=O)O)CC5)cc4Cl)[nH]c23)CCCC1. The van der Waals surface area contributed by atoms with Crippen molar-refractivity contribution in [3.63, 3.8) is 0 Å². The van der Waals surface area contributed by atoms with Crippen molar-refractivity contribution < 1.29 is 32.5 Å². The van der Waals surface area contributed by atoms with Gasteiger partial charge in [0.05, 0.1) is 40.8 Å². The van der Waals surface area contributed by atoms with E-state index in [1.165, 1.54) is 12.3 Å². The highest BCUT2D eigenvalue weighted by molar-refractivity contribution is 6.33. The van der Waals surface area contributed by atoms with Crippen LogP contribution >= 0.6 is 11.6 Å². The van der Waals surface area contributed by atoms with Gasteiger partial charge in [0, 0.05) is 62.4 Å². The first-order chi connectivity index (χ1) is 24.4. The summed E-state index contributed by atoms with van der Waals surface area (Å²) in [5, 5.41) is 9.48. The van der Waals surface area contributed by atoms with Gasteiger partial charge in [-0.3, -0.25) is 14.7 Å². The number of fused-ring (bicyclic) bond motifs is 1. The maximum atomic E-state index is 14.2. The van der Waals surface area contributed by atoms with Gasteiger partial charge in [0.1, 0.15) is 23.2 Å². The van der Waals surface area contributed by atoms with Crippen LogP contribution in [0.25, 0.3) is 33.8 Å². The molecule has 272 valence electrons. The molecule has 14 heteroatoms. The lowest BCUT2D eigenvalue weighted by molar-refractivity contribution is -0.139. The number of carbonyl (C=O) groups is 1. The molecule has 1 saturated heterocycles. The lowest BCUT2D eigenvalue weighted by Gasteiger charge is -2.34. The molecule has 0 unspecified atom stereocenters. The van der Waals surface area contributed by atoms with Crippen LogP contribution in [0.3, 0.4) is 0 Å². The van der Waals surface area contributed by atoms with Gasteiger partial charge in [-0.25, -0.2) is 9.97 Å². The Balaban J connectivity index is 1.22. The van der Waals surface area contributed by atoms with E-state index in [9.17, 15) is 18.0 Å². The number of aromatic nitrogens is 4. The van der Waals surface area contributed by atoms with E-state index in [4.69, 9.17) is 36.1 Å². The number of pyridine rings is 2. The number of carboxylic acids is 1. The first kappa shape index (κ1) is 35.5. The minimum atomic E-state index is -4.54. The first-order valence-electron chi connectivity index (χ1n) is 17.5. The number of imidazole rings is 1. The average molecular weight is 727 g/mol. The highest BCUT2D eigenvalue weighted by atomic mass is 35.5. The number of aliphatic carboxylic acids is 1. The molecule has 1 aliphatic heterocycles. The molecule has 0 amide bonds. The normalized spacial score (nSPS) is 18.4. The zero-order valence-electron chi connectivity index (χ0n) is 28.7. The Hall–Kier alpha value is -3.94. The van der Waals surface area contributed by atoms with Crippen molar-refractivity contribution in [2.45, 2.75) is 69.6 Å². The second kappa shape index (κ2) is 14.2. The van der Waals surface area contributed by atoms with E-state index in [1.807, 2.05) is 30.1 Å². The fourth-order valence-electron chi connectivity index (χ4n) is 7.77. The third kappa shape index (κ3) is 7.80. The number of alkyl halides is 3. The van der Waals surface area contributed by atoms with Gasteiger partial charge < -0.3 is 24.5 Å². The van der Waals surface area contributed by atoms with Crippen molar-refractivity contribution in [2.75, 3.05) is 51.8 Å². The topological polar surface area (TPSA) is 117 Å². The molecule has 0 radical (unpaired) electrons. The second-order valence-electron chi connectivity index (χ2n) is 14.4. The number of benzene rings is 1. The Bertz CT molecular complexity index is 1900. The number of halogens is 4. The van der Waals surface area contributed by atoms with Gasteiger partial charge in [-0.1, -0.05) is 24.4 Å². The summed E-state index contributed by atoms with van der Waals surface area (Å²) >= 11 is 6.82. The van der Waals surface area contributed by atoms with E-state index in [2.05, 4.69) is 14.9 Å². The summed E-state index contributed by atoms with van der Waals surface area (Å²) < 4.78 is 54.6. The summed E-state index contributed by atoms with van der Waals surface area (Å²) in [4.78, 5) is 32.4. The van der Waals surface area contributed by atoms with E-state index in [-0.39, 0.29) is 35.2 Å². The van der Waals surface area contributed by atoms with Crippen LogP contribution in [0.1, 0.15) is 68.5 Å². The Labute approximate surface area is 299 Å². The average Bonchev–Trinajstić information content (AvgIpc) is 3.69. The molecule has 3 fully saturated rings. The van der Waals surface area contributed by atoms with Gasteiger partial charge >= 0.3 is 12.1 Å². The van der Waals surface area contributed by atoms with Gasteiger partial charge in [0.25, 0.3) is 0 Å². The number of hydrogen-bond acceptors (Lipinski definition) is 8. The number of piperidine rings is 1. The van der Waals surface area contributed by atoms with Crippen LogP contribution < -0.4 is 9.64 Å². The fourth-order valence-corrected chi connectivity index (χ4v) is 8.03. The molecule has 1 aromatic carbocycles. The summed E-state index contributed by atoms with van der Waals surface area (Å²) in [5.41, 5.74) is 2.31. The summed E-state index contributed by atoms with van der Waals surface area (Å²) in [6, 6.07) is 8.36. The van der Waals surface area contributed by atoms with Crippen molar-refractivity contribution >= 4 is 34.4 Å². The molecule has 3 aliphatic rings. The molecule has 2 N–H and O–H groups in total. The number of nitrogens with zero attached hydrogens (tertiary/aromatic N) is 5. The first-order valence-corrected chi connectivity index (χ1v) is 17.9. The smallest absolute Gasteiger partial charge is 0.418 e. The number of carboxylic acid groups (broad SMARTS) is 1. The predicted molar refractivity (Wildman–Crippen MR) is 188 cm³/mol. The molecular weight excluding hydrogens is 685 g/mol. The van der Waals surface area contributed by atoms with Gasteiger partial charge in [-0.05, 0) is 68.9 Å². The molecule has 2 aliphatic carbocycles. The van der Waals surface area contributed by atoms with Crippen molar-refractivity contribution in [1.82, 2.24) is 24.8 Å². The van der Waals surface area contributed by atoms with Crippen molar-refractivity contribution in [2.24, 2.45) is 5.41 Å². The van der Waals surface area contributed by atoms with Crippen LogP contribution in [0.5, 0.6) is 5.75 Å². The van der Waals surface area contributed by atoms with Crippen LogP contribution in [0, 0.1) is 5.41 Å². The highest BCUT2D eigenvalue weighted by Crippen LogP contribution is 2.46. The minimum absolute atomic E-state index is 0.0187. The van der Waals surface area contributed by atoms with Crippen LogP contribution in [0.2, 0.25) is 5.02 Å². The predicted octanol–water partition coefficient (Wildman–Crippen LogP) is 7.81. The zero-order valence-corrected chi connectivity index (χ0v) is 29.5. The number of hydrogen-bond donors (Lipinski definition) is 2. The lowest BCUT2D eigenvalue weighted by Crippen LogP contribution is -2.40. The van der Waals surface area contributed by atoms with Crippen molar-refractivity contribution in [1.29, 1.82) is 0 Å². The summed E-state index contributed by atoms with van der Waals surface area (Å²) in [6.45, 7) is 2.59. The number of aromatic amines is 1. The molecule has 7 rings (SSSR count). The Morgan fingerprint density at radius 1 is 1.12 bits per heavy atom. The summed E-state index contributed by atoms with van der Waals surface area (Å²) in [6.07, 6.45) is 3.98. The third-order valence-corrected chi connectivity index (χ3v) is 10.7. The summed E-state index contributed by atoms with van der Waals surface area (Å²) in [7, 11) is 3.70. The van der Waals surface area contributed by atoms with Gasteiger partial charge in [0.15, 0.2) is 5.65 Å². The van der Waals surface area contributed by atoms with E-state index < -0.39 is 17.7 Å². The molecule has 0 atom stereocenters. The maximum Gasteiger partial charge on any atom is 0.418 e. The third-order valence-electron chi connectivity index (χ3n) is 10.4. The molecule has 4 aromatic rings. The van der Waals surface area contributed by atoms with Crippen molar-refractivity contribution in [3.8, 4) is 28.4 Å². The Morgan fingerprint density at radius 2 is 1.86 bits per heavy atom. The number of likely N-dealkylation sites (tertiary alicyclic amines) is 1. The molecule has 4 heterocycles. The van der Waals surface area contributed by atoms with Gasteiger partial charge in [0.2, 0.25) is 0 Å². The van der Waals surface area contributed by atoms with Crippen LogP contribution in [-0.4, -0.2) is 89.0 Å². The van der Waals surface area contributed by atoms with E-state index >= 15 is 0 Å². The molecule has 3 aromatic heterocycles. The number of anilines is 1. The van der Waals surface area contributed by atoms with Crippen LogP contribution in [-0.2, 0) is 15.7 Å². The van der Waals surface area contributed by atoms with Crippen molar-refractivity contribution in [3.05, 3.63) is 52.8 Å². The molecule has 51 heavy (non-hydrogen) atoms. The molecule has 10 nitrogen and oxygen atoms in total.